The van der Waals surface area contributed by atoms with Crippen LogP contribution in [0.25, 0.3) is 0 Å². The number of unbranched alkanes of at least 4 members (excludes halogenated alkanes) is 4. The van der Waals surface area contributed by atoms with E-state index in [1.807, 2.05) is 36.4 Å². The monoisotopic (exact) mass is 670 g/mol. The van der Waals surface area contributed by atoms with Crippen LogP contribution in [0, 0.1) is 11.8 Å². The summed E-state index contributed by atoms with van der Waals surface area (Å²) in [4.78, 5) is 0. The van der Waals surface area contributed by atoms with Gasteiger partial charge in [-0.25, -0.2) is 0 Å². The van der Waals surface area contributed by atoms with E-state index < -0.39 is 0 Å². The first-order valence-corrected chi connectivity index (χ1v) is 19.7. The number of aromatic hydroxyl groups is 2. The van der Waals surface area contributed by atoms with E-state index in [0.29, 0.717) is 36.5 Å². The summed E-state index contributed by atoms with van der Waals surface area (Å²) >= 11 is 0. The SMILES string of the molecule is CCCCCC(OCCNC(Cc1ccccc1O)CC(CC)CCCC)[N+](CCO)(CCc1ccccc1O)CC(CC)CCCC. The molecule has 274 valence electrons. The lowest BCUT2D eigenvalue weighted by molar-refractivity contribution is -0.975. The number of quaternary nitrogens is 1. The van der Waals surface area contributed by atoms with Crippen LogP contribution in [-0.4, -0.2) is 71.5 Å². The van der Waals surface area contributed by atoms with Crippen LogP contribution in [0.4, 0.5) is 0 Å². The van der Waals surface area contributed by atoms with Gasteiger partial charge in [-0.3, -0.25) is 4.48 Å². The predicted octanol–water partition coefficient (Wildman–Crippen LogP) is 9.40. The lowest BCUT2D eigenvalue weighted by atomic mass is 9.89. The second-order valence-electron chi connectivity index (χ2n) is 14.3. The third-order valence-corrected chi connectivity index (χ3v) is 10.7. The van der Waals surface area contributed by atoms with E-state index >= 15 is 0 Å². The number of phenols is 2. The van der Waals surface area contributed by atoms with Gasteiger partial charge < -0.3 is 25.4 Å². The van der Waals surface area contributed by atoms with Crippen molar-refractivity contribution in [3.8, 4) is 11.5 Å². The third kappa shape index (κ3) is 15.2. The van der Waals surface area contributed by atoms with Gasteiger partial charge in [-0.2, -0.15) is 0 Å². The lowest BCUT2D eigenvalue weighted by Crippen LogP contribution is -2.61. The van der Waals surface area contributed by atoms with Crippen LogP contribution in [0.5, 0.6) is 11.5 Å². The van der Waals surface area contributed by atoms with E-state index in [9.17, 15) is 15.3 Å². The maximum atomic E-state index is 10.7. The van der Waals surface area contributed by atoms with Crippen LogP contribution < -0.4 is 5.32 Å². The van der Waals surface area contributed by atoms with Crippen molar-refractivity contribution in [2.75, 3.05) is 39.4 Å². The fourth-order valence-electron chi connectivity index (χ4n) is 7.51. The number of nitrogens with zero attached hydrogens (tertiary/aromatic N) is 1. The number of para-hydroxylation sites is 2. The smallest absolute Gasteiger partial charge is 0.193 e. The second-order valence-corrected chi connectivity index (χ2v) is 14.3. The van der Waals surface area contributed by atoms with Crippen molar-refractivity contribution in [3.63, 3.8) is 0 Å². The van der Waals surface area contributed by atoms with Crippen LogP contribution in [0.2, 0.25) is 0 Å². The average molecular weight is 670 g/mol. The molecule has 0 heterocycles. The molecule has 0 aromatic heterocycles. The molecule has 0 aliphatic rings. The van der Waals surface area contributed by atoms with Crippen LogP contribution >= 0.6 is 0 Å². The molecule has 4 N–H and O–H groups in total. The number of nitrogens with one attached hydrogen (secondary N) is 1. The summed E-state index contributed by atoms with van der Waals surface area (Å²) in [6, 6.07) is 15.7. The molecule has 48 heavy (non-hydrogen) atoms. The van der Waals surface area contributed by atoms with Crippen LogP contribution in [-0.2, 0) is 17.6 Å². The highest BCUT2D eigenvalue weighted by Crippen LogP contribution is 2.29. The van der Waals surface area contributed by atoms with E-state index in [0.717, 1.165) is 80.2 Å². The van der Waals surface area contributed by atoms with Crippen molar-refractivity contribution >= 4 is 0 Å². The molecule has 0 spiro atoms. The van der Waals surface area contributed by atoms with E-state index in [4.69, 9.17) is 4.74 Å². The Kier molecular flexibility index (Phi) is 21.8. The number of rotatable bonds is 29. The molecule has 5 unspecified atom stereocenters. The normalized spacial score (nSPS) is 15.5. The highest BCUT2D eigenvalue weighted by atomic mass is 16.5. The Hall–Kier alpha value is -2.12. The molecule has 0 aliphatic heterocycles. The van der Waals surface area contributed by atoms with Gasteiger partial charge in [-0.1, -0.05) is 122 Å². The van der Waals surface area contributed by atoms with Gasteiger partial charge in [0.25, 0.3) is 0 Å². The molecule has 0 saturated carbocycles. The quantitative estimate of drug-likeness (QED) is 0.0394. The van der Waals surface area contributed by atoms with Crippen LogP contribution in [0.1, 0.15) is 129 Å². The number of benzene rings is 2. The molecule has 0 amide bonds. The molecule has 2 aromatic rings. The van der Waals surface area contributed by atoms with Gasteiger partial charge in [0.1, 0.15) is 18.0 Å². The molecule has 0 radical (unpaired) electrons. The number of phenolic OH excluding ortho intramolecular Hbond substituents is 2. The fraction of sp³-hybridized carbons (Fsp3) is 0.714. The lowest BCUT2D eigenvalue weighted by Gasteiger charge is -2.46. The van der Waals surface area contributed by atoms with Crippen molar-refractivity contribution in [3.05, 3.63) is 59.7 Å². The molecular formula is C42H73N2O4+. The maximum Gasteiger partial charge on any atom is 0.193 e. The van der Waals surface area contributed by atoms with E-state index in [1.165, 1.54) is 51.4 Å². The summed E-state index contributed by atoms with van der Waals surface area (Å²) in [5.74, 6) is 1.95. The maximum absolute atomic E-state index is 10.7. The molecule has 2 aromatic carbocycles. The van der Waals surface area contributed by atoms with Gasteiger partial charge in [-0.15, -0.1) is 0 Å². The summed E-state index contributed by atoms with van der Waals surface area (Å²) in [7, 11) is 0. The van der Waals surface area contributed by atoms with Gasteiger partial charge in [0.2, 0.25) is 0 Å². The highest BCUT2D eigenvalue weighted by Gasteiger charge is 2.39. The molecule has 0 saturated heterocycles. The highest BCUT2D eigenvalue weighted by molar-refractivity contribution is 5.32. The first-order chi connectivity index (χ1) is 23.4. The molecule has 0 bridgehead atoms. The third-order valence-electron chi connectivity index (χ3n) is 10.7. The zero-order chi connectivity index (χ0) is 35.0. The molecule has 6 nitrogen and oxygen atoms in total. The Balaban J connectivity index is 2.31. The first kappa shape index (κ1) is 42.0. The minimum absolute atomic E-state index is 0.0170. The second kappa shape index (κ2) is 24.9. The van der Waals surface area contributed by atoms with Gasteiger partial charge >= 0.3 is 0 Å². The number of aliphatic hydroxyl groups is 1. The van der Waals surface area contributed by atoms with Crippen molar-refractivity contribution in [1.29, 1.82) is 0 Å². The molecule has 0 aliphatic carbocycles. The Morgan fingerprint density at radius 2 is 1.31 bits per heavy atom. The van der Waals surface area contributed by atoms with Gasteiger partial charge in [0.05, 0.1) is 26.3 Å². The molecule has 0 fully saturated rings. The average Bonchev–Trinajstić information content (AvgIpc) is 3.09. The van der Waals surface area contributed by atoms with Crippen LogP contribution in [0.3, 0.4) is 0 Å². The summed E-state index contributed by atoms with van der Waals surface area (Å²) in [6.45, 7) is 15.3. The Bertz CT molecular complexity index is 1080. The number of hydrogen-bond acceptors (Lipinski definition) is 5. The molecule has 5 atom stereocenters. The van der Waals surface area contributed by atoms with Gasteiger partial charge in [0, 0.05) is 31.3 Å². The van der Waals surface area contributed by atoms with E-state index in [2.05, 4.69) is 39.9 Å². The standard InChI is InChI=1S/C42H72N2O4/c1-6-11-14-25-42(44(29-30-45,34-36(10-5)20-13-8-3)28-26-37-21-15-17-23-40(37)46)48-31-27-43-39(32-35(9-4)19-12-7-2)33-38-22-16-18-24-41(38)47/h15-18,21-24,35-36,39,42-43,45H,6-14,19-20,25-34H2,1-5H3,(H-,46,47)/p+1. The minimum atomic E-state index is -0.0170. The first-order valence-electron chi connectivity index (χ1n) is 19.7. The number of hydrogen-bond donors (Lipinski definition) is 4. The predicted molar refractivity (Wildman–Crippen MR) is 202 cm³/mol. The summed E-state index contributed by atoms with van der Waals surface area (Å²) in [5.41, 5.74) is 1.97. The summed E-state index contributed by atoms with van der Waals surface area (Å²) in [5, 5.41) is 35.7. The minimum Gasteiger partial charge on any atom is -0.508 e. The topological polar surface area (TPSA) is 82.0 Å². The molecule has 2 rings (SSSR count). The zero-order valence-corrected chi connectivity index (χ0v) is 31.5. The van der Waals surface area contributed by atoms with E-state index in [1.54, 1.807) is 12.1 Å². The van der Waals surface area contributed by atoms with Crippen molar-refractivity contribution in [2.24, 2.45) is 11.8 Å². The fourth-order valence-corrected chi connectivity index (χ4v) is 7.51. The summed E-state index contributed by atoms with van der Waals surface area (Å²) < 4.78 is 7.71. The van der Waals surface area contributed by atoms with Gasteiger partial charge in [-0.05, 0) is 61.3 Å². The number of ether oxygens (including phenoxy) is 1. The largest absolute Gasteiger partial charge is 0.508 e. The molecule has 6 heteroatoms. The zero-order valence-electron chi connectivity index (χ0n) is 31.5. The van der Waals surface area contributed by atoms with E-state index in [-0.39, 0.29) is 18.9 Å². The number of aliphatic hydroxyl groups excluding tert-OH is 1. The Labute approximate surface area is 294 Å². The Morgan fingerprint density at radius 1 is 0.708 bits per heavy atom. The van der Waals surface area contributed by atoms with Crippen molar-refractivity contribution in [1.82, 2.24) is 5.32 Å². The summed E-state index contributed by atoms with van der Waals surface area (Å²) in [6.07, 6.45) is 16.6. The van der Waals surface area contributed by atoms with Crippen LogP contribution in [0.15, 0.2) is 48.5 Å². The molecular weight excluding hydrogens is 596 g/mol. The Morgan fingerprint density at radius 3 is 1.90 bits per heavy atom. The van der Waals surface area contributed by atoms with Crippen molar-refractivity contribution in [2.45, 2.75) is 143 Å². The van der Waals surface area contributed by atoms with Gasteiger partial charge in [0.15, 0.2) is 6.23 Å². The van der Waals surface area contributed by atoms with Crippen molar-refractivity contribution < 1.29 is 24.5 Å².